The Kier molecular flexibility index (Phi) is 2.14. The second-order valence-corrected chi connectivity index (χ2v) is 2.76. The summed E-state index contributed by atoms with van der Waals surface area (Å²) < 4.78 is 14.2. The van der Waals surface area contributed by atoms with Gasteiger partial charge in [-0.3, -0.25) is 0 Å². The van der Waals surface area contributed by atoms with E-state index in [4.69, 9.17) is 0 Å². The number of fused-ring (bicyclic) bond motifs is 1. The summed E-state index contributed by atoms with van der Waals surface area (Å²) in [5.74, 6) is 0.133. The van der Waals surface area contributed by atoms with Crippen LogP contribution in [0, 0.1) is 5.82 Å². The molecular weight excluding hydrogens is 183 g/mol. The molecule has 14 heavy (non-hydrogen) atoms. The summed E-state index contributed by atoms with van der Waals surface area (Å²) in [5.41, 5.74) is 0.609. The van der Waals surface area contributed by atoms with E-state index in [1.165, 1.54) is 16.8 Å². The minimum atomic E-state index is -0.335. The van der Waals surface area contributed by atoms with Crippen LogP contribution in [0.5, 0.6) is 0 Å². The molecule has 0 saturated heterocycles. The van der Waals surface area contributed by atoms with Crippen LogP contribution in [0.25, 0.3) is 5.65 Å². The second-order valence-electron chi connectivity index (χ2n) is 2.76. The zero-order chi connectivity index (χ0) is 9.97. The van der Waals surface area contributed by atoms with Crippen molar-refractivity contribution in [2.75, 3.05) is 11.9 Å². The molecule has 0 aromatic carbocycles. The molecule has 0 saturated carbocycles. The molecule has 2 aromatic heterocycles. The van der Waals surface area contributed by atoms with Gasteiger partial charge in [-0.2, -0.15) is 4.98 Å². The molecule has 0 spiro atoms. The molecular formula is C9H9FN4. The van der Waals surface area contributed by atoms with E-state index in [1.807, 2.05) is 0 Å². The van der Waals surface area contributed by atoms with Gasteiger partial charge in [-0.15, -0.1) is 11.7 Å². The zero-order valence-electron chi connectivity index (χ0n) is 7.44. The molecule has 72 valence electrons. The molecule has 0 aliphatic rings. The maximum Gasteiger partial charge on any atom is 0.243 e. The molecule has 1 N–H and O–H groups in total. The summed E-state index contributed by atoms with van der Waals surface area (Å²) in [4.78, 5) is 4.12. The van der Waals surface area contributed by atoms with Crippen molar-refractivity contribution in [3.8, 4) is 0 Å². The van der Waals surface area contributed by atoms with Gasteiger partial charge in [-0.1, -0.05) is 6.08 Å². The molecule has 0 radical (unpaired) electrons. The SMILES string of the molecule is C=CCNc1nc2ccc(F)cn2n1. The lowest BCUT2D eigenvalue weighted by Gasteiger charge is -1.92. The smallest absolute Gasteiger partial charge is 0.243 e. The Morgan fingerprint density at radius 3 is 3.21 bits per heavy atom. The van der Waals surface area contributed by atoms with Crippen LogP contribution in [0.4, 0.5) is 10.3 Å². The van der Waals surface area contributed by atoms with Crippen LogP contribution in [-0.2, 0) is 0 Å². The van der Waals surface area contributed by atoms with Crippen molar-refractivity contribution < 1.29 is 4.39 Å². The predicted molar refractivity (Wildman–Crippen MR) is 51.6 cm³/mol. The first kappa shape index (κ1) is 8.68. The highest BCUT2D eigenvalue weighted by atomic mass is 19.1. The number of anilines is 1. The van der Waals surface area contributed by atoms with Gasteiger partial charge < -0.3 is 5.32 Å². The summed E-state index contributed by atoms with van der Waals surface area (Å²) >= 11 is 0. The number of hydrogen-bond acceptors (Lipinski definition) is 3. The Hall–Kier alpha value is -1.91. The molecule has 2 heterocycles. The van der Waals surface area contributed by atoms with Crippen molar-refractivity contribution in [1.29, 1.82) is 0 Å². The molecule has 0 amide bonds. The van der Waals surface area contributed by atoms with Crippen molar-refractivity contribution >= 4 is 11.6 Å². The summed E-state index contributed by atoms with van der Waals surface area (Å²) in [6.07, 6.45) is 2.98. The highest BCUT2D eigenvalue weighted by Crippen LogP contribution is 2.06. The van der Waals surface area contributed by atoms with Crippen LogP contribution < -0.4 is 5.32 Å². The quantitative estimate of drug-likeness (QED) is 0.749. The van der Waals surface area contributed by atoms with Crippen LogP contribution in [-0.4, -0.2) is 21.1 Å². The minimum Gasteiger partial charge on any atom is -0.349 e. The van der Waals surface area contributed by atoms with Gasteiger partial charge in [-0.25, -0.2) is 8.91 Å². The van der Waals surface area contributed by atoms with E-state index in [9.17, 15) is 4.39 Å². The lowest BCUT2D eigenvalue weighted by molar-refractivity contribution is 0.615. The topological polar surface area (TPSA) is 42.2 Å². The fourth-order valence-electron chi connectivity index (χ4n) is 1.10. The van der Waals surface area contributed by atoms with E-state index < -0.39 is 0 Å². The summed E-state index contributed by atoms with van der Waals surface area (Å²) in [5, 5.41) is 6.94. The lowest BCUT2D eigenvalue weighted by Crippen LogP contribution is -1.99. The highest BCUT2D eigenvalue weighted by molar-refractivity contribution is 5.43. The Balaban J connectivity index is 2.36. The Bertz CT molecular complexity index is 463. The molecule has 5 heteroatoms. The van der Waals surface area contributed by atoms with Gasteiger partial charge in [0.25, 0.3) is 0 Å². The van der Waals surface area contributed by atoms with Crippen LogP contribution >= 0.6 is 0 Å². The van der Waals surface area contributed by atoms with Gasteiger partial charge in [0.05, 0.1) is 6.20 Å². The largest absolute Gasteiger partial charge is 0.349 e. The molecule has 0 atom stereocenters. The van der Waals surface area contributed by atoms with Gasteiger partial charge in [0.1, 0.15) is 5.82 Å². The van der Waals surface area contributed by atoms with Crippen molar-refractivity contribution in [3.63, 3.8) is 0 Å². The van der Waals surface area contributed by atoms with Crippen molar-refractivity contribution in [3.05, 3.63) is 36.8 Å². The summed E-state index contributed by atoms with van der Waals surface area (Å²) in [7, 11) is 0. The highest BCUT2D eigenvalue weighted by Gasteiger charge is 2.01. The minimum absolute atomic E-state index is 0.335. The Morgan fingerprint density at radius 1 is 1.57 bits per heavy atom. The first-order valence-corrected chi connectivity index (χ1v) is 4.16. The van der Waals surface area contributed by atoms with Crippen molar-refractivity contribution in [2.45, 2.75) is 0 Å². The molecule has 0 fully saturated rings. The van der Waals surface area contributed by atoms with Gasteiger partial charge in [0.2, 0.25) is 5.95 Å². The monoisotopic (exact) mass is 192 g/mol. The van der Waals surface area contributed by atoms with Gasteiger partial charge >= 0.3 is 0 Å². The molecule has 0 aliphatic carbocycles. The number of hydrogen-bond donors (Lipinski definition) is 1. The second kappa shape index (κ2) is 3.45. The summed E-state index contributed by atoms with van der Waals surface area (Å²) in [6, 6.07) is 2.92. The average Bonchev–Trinajstić information content (AvgIpc) is 2.56. The van der Waals surface area contributed by atoms with E-state index in [2.05, 4.69) is 22.0 Å². The average molecular weight is 192 g/mol. The molecule has 0 unspecified atom stereocenters. The van der Waals surface area contributed by atoms with Gasteiger partial charge in [-0.05, 0) is 12.1 Å². The fourth-order valence-corrected chi connectivity index (χ4v) is 1.10. The number of aromatic nitrogens is 3. The Labute approximate surface area is 80.1 Å². The summed E-state index contributed by atoms with van der Waals surface area (Å²) in [6.45, 7) is 4.14. The van der Waals surface area contributed by atoms with Crippen LogP contribution in [0.3, 0.4) is 0 Å². The third kappa shape index (κ3) is 1.56. The van der Waals surface area contributed by atoms with E-state index >= 15 is 0 Å². The molecule has 2 rings (SSSR count). The third-order valence-electron chi connectivity index (χ3n) is 1.70. The fraction of sp³-hybridized carbons (Fsp3) is 0.111. The first-order chi connectivity index (χ1) is 6.79. The van der Waals surface area contributed by atoms with Crippen LogP contribution in [0.1, 0.15) is 0 Å². The standard InChI is InChI=1S/C9H9FN4/c1-2-5-11-9-12-8-4-3-7(10)6-14(8)13-9/h2-4,6H,1,5H2,(H,11,13). The number of halogens is 1. The first-order valence-electron chi connectivity index (χ1n) is 4.16. The molecule has 2 aromatic rings. The number of nitrogens with zero attached hydrogens (tertiary/aromatic N) is 3. The Morgan fingerprint density at radius 2 is 2.43 bits per heavy atom. The van der Waals surface area contributed by atoms with Crippen LogP contribution in [0.15, 0.2) is 31.0 Å². The van der Waals surface area contributed by atoms with Crippen molar-refractivity contribution in [2.24, 2.45) is 0 Å². The zero-order valence-corrected chi connectivity index (χ0v) is 7.44. The van der Waals surface area contributed by atoms with Gasteiger partial charge in [0, 0.05) is 6.54 Å². The van der Waals surface area contributed by atoms with Gasteiger partial charge in [0.15, 0.2) is 5.65 Å². The molecule has 0 aliphatic heterocycles. The van der Waals surface area contributed by atoms with E-state index in [0.717, 1.165) is 0 Å². The number of nitrogens with one attached hydrogen (secondary N) is 1. The number of pyridine rings is 1. The number of rotatable bonds is 3. The maximum atomic E-state index is 12.8. The third-order valence-corrected chi connectivity index (χ3v) is 1.70. The van der Waals surface area contributed by atoms with Crippen LogP contribution in [0.2, 0.25) is 0 Å². The van der Waals surface area contributed by atoms with E-state index in [-0.39, 0.29) is 5.82 Å². The normalized spacial score (nSPS) is 10.4. The van der Waals surface area contributed by atoms with E-state index in [0.29, 0.717) is 18.1 Å². The molecule has 0 bridgehead atoms. The van der Waals surface area contributed by atoms with Crippen molar-refractivity contribution in [1.82, 2.24) is 14.6 Å². The lowest BCUT2D eigenvalue weighted by atomic mass is 10.5. The predicted octanol–water partition coefficient (Wildman–Crippen LogP) is 1.47. The van der Waals surface area contributed by atoms with E-state index in [1.54, 1.807) is 12.1 Å². The molecule has 4 nitrogen and oxygen atoms in total. The maximum absolute atomic E-state index is 12.8.